The van der Waals surface area contributed by atoms with Crippen molar-refractivity contribution >= 4 is 33.6 Å². The molecule has 2 N–H and O–H groups in total. The van der Waals surface area contributed by atoms with E-state index in [4.69, 9.17) is 12.3 Å². The van der Waals surface area contributed by atoms with Crippen molar-refractivity contribution in [3.63, 3.8) is 0 Å². The molecule has 0 aromatic carbocycles. The summed E-state index contributed by atoms with van der Waals surface area (Å²) in [6.07, 6.45) is 0.0261. The van der Waals surface area contributed by atoms with Crippen molar-refractivity contribution < 1.29 is 21.1 Å². The monoisotopic (exact) mass is 411 g/mol. The Morgan fingerprint density at radius 1 is 1.71 bits per heavy atom. The van der Waals surface area contributed by atoms with Crippen molar-refractivity contribution in [3.05, 3.63) is 10.0 Å². The fraction of sp³-hybridized carbons (Fsp3) is 0.583. The van der Waals surface area contributed by atoms with Crippen LogP contribution in [0.1, 0.15) is 21.4 Å². The van der Waals surface area contributed by atoms with E-state index in [1.54, 1.807) is 4.68 Å². The van der Waals surface area contributed by atoms with Gasteiger partial charge in [-0.1, -0.05) is 7.40 Å². The van der Waals surface area contributed by atoms with Gasteiger partial charge in [-0.2, -0.15) is 5.10 Å². The molecule has 0 spiro atoms. The molecule has 0 saturated carbocycles. The molecule has 0 radical (unpaired) electrons. The van der Waals surface area contributed by atoms with Gasteiger partial charge in [-0.15, -0.1) is 0 Å². The molecule has 9 heteroatoms. The zero-order valence-corrected chi connectivity index (χ0v) is 13.7. The van der Waals surface area contributed by atoms with Crippen LogP contribution in [0.15, 0.2) is 6.33 Å². The van der Waals surface area contributed by atoms with Gasteiger partial charge in [0.25, 0.3) is 0 Å². The van der Waals surface area contributed by atoms with Crippen molar-refractivity contribution in [2.24, 2.45) is 0 Å². The molecule has 8 nitrogen and oxygen atoms in total. The molecule has 3 unspecified atom stereocenters. The lowest BCUT2D eigenvalue weighted by Crippen LogP contribution is -2.24. The van der Waals surface area contributed by atoms with Crippen LogP contribution < -0.4 is 4.74 Å². The highest BCUT2D eigenvalue weighted by molar-refractivity contribution is 14.1. The van der Waals surface area contributed by atoms with Gasteiger partial charge in [0, 0.05) is 7.79 Å². The first-order valence-corrected chi connectivity index (χ1v) is 7.08. The third-order valence-corrected chi connectivity index (χ3v) is 4.00. The van der Waals surface area contributed by atoms with E-state index in [0.717, 1.165) is 0 Å². The van der Waals surface area contributed by atoms with Gasteiger partial charge in [0.15, 0.2) is 11.9 Å². The largest absolute Gasteiger partial charge is 0.480 e. The standard InChI is InChI=1S/C11H13IN4O4.CH4/c1-19-11-8-9(12)15-16(10(8)13-4-14-11)7-2-5(18)6(3-17)20-7;/h4-7,17-18H,2-3H2,1H3;1H4/i17D;1T. The minimum atomic E-state index is -0.707. The summed E-state index contributed by atoms with van der Waals surface area (Å²) in [4.78, 5) is 8.28. The Balaban J connectivity index is 0.000000924. The Kier molecular flexibility index (Phi) is 4.14. The van der Waals surface area contributed by atoms with Crippen molar-refractivity contribution in [1.29, 1.82) is 1.43 Å². The van der Waals surface area contributed by atoms with Crippen LogP contribution in [-0.2, 0) is 4.74 Å². The molecule has 1 aliphatic rings. The van der Waals surface area contributed by atoms with Crippen LogP contribution in [0.25, 0.3) is 11.0 Å². The number of ether oxygens (including phenoxy) is 2. The van der Waals surface area contributed by atoms with Crippen LogP contribution in [0, 0.1) is 3.70 Å². The van der Waals surface area contributed by atoms with Gasteiger partial charge >= 0.3 is 0 Å². The molecular weight excluding hydrogens is 391 g/mol. The maximum atomic E-state index is 9.94. The number of methoxy groups -OCH3 is 1. The molecule has 1 fully saturated rings. The van der Waals surface area contributed by atoms with Crippen LogP contribution in [0.2, 0.25) is 0 Å². The predicted molar refractivity (Wildman–Crippen MR) is 82.9 cm³/mol. The van der Waals surface area contributed by atoms with Gasteiger partial charge in [0.05, 0.1) is 19.8 Å². The number of aliphatic hydroxyl groups is 2. The third kappa shape index (κ3) is 2.70. The average Bonchev–Trinajstić information content (AvgIpc) is 3.10. The highest BCUT2D eigenvalue weighted by Gasteiger charge is 2.36. The van der Waals surface area contributed by atoms with E-state index in [0.29, 0.717) is 27.0 Å². The van der Waals surface area contributed by atoms with Crippen LogP contribution in [0.5, 0.6) is 5.88 Å². The first kappa shape index (κ1) is 13.6. The molecule has 2 aromatic heterocycles. The van der Waals surface area contributed by atoms with Gasteiger partial charge in [0.1, 0.15) is 21.5 Å². The summed E-state index contributed by atoms with van der Waals surface area (Å²) in [6.45, 7) is 0.00622. The molecule has 0 bridgehead atoms. The maximum Gasteiger partial charge on any atom is 0.228 e. The van der Waals surface area contributed by atoms with Crippen LogP contribution in [0.4, 0.5) is 0 Å². The van der Waals surface area contributed by atoms with Crippen LogP contribution >= 0.6 is 22.6 Å². The lowest BCUT2D eigenvalue weighted by Gasteiger charge is -2.12. The number of aliphatic hydroxyl groups excluding tert-OH is 2. The van der Waals surface area contributed by atoms with E-state index in [1.807, 2.05) is 0 Å². The molecule has 0 aliphatic carbocycles. The van der Waals surface area contributed by atoms with E-state index >= 15 is 0 Å². The molecule has 3 heterocycles. The second kappa shape index (κ2) is 6.38. The van der Waals surface area contributed by atoms with Crippen molar-refractivity contribution in [2.45, 2.75) is 32.3 Å². The van der Waals surface area contributed by atoms with Gasteiger partial charge in [-0.25, -0.2) is 14.6 Å². The number of fused-ring (bicyclic) bond motifs is 1. The average molecular weight is 411 g/mol. The van der Waals surface area contributed by atoms with E-state index in [9.17, 15) is 5.11 Å². The molecule has 1 saturated heterocycles. The summed E-state index contributed by atoms with van der Waals surface area (Å²) in [5, 5.41) is 19.4. The van der Waals surface area contributed by atoms with E-state index in [-0.39, 0.29) is 6.61 Å². The zero-order valence-electron chi connectivity index (χ0n) is 13.6. The number of nitrogens with zero attached hydrogens (tertiary/aromatic N) is 4. The SMILES string of the molecule is [2H]OCC1OC(n2nc(I)c3c(OC)ncnc32)CC1O.[3H]C. The van der Waals surface area contributed by atoms with Crippen molar-refractivity contribution in [2.75, 3.05) is 13.7 Å². The zero-order chi connectivity index (χ0) is 17.0. The summed E-state index contributed by atoms with van der Waals surface area (Å²) in [5.74, 6) is 0.445. The summed E-state index contributed by atoms with van der Waals surface area (Å²) < 4.78 is 25.7. The minimum Gasteiger partial charge on any atom is -0.480 e. The molecular formula is C12H17IN4O4. The topological polar surface area (TPSA) is 103 Å². The number of hydrogen-bond acceptors (Lipinski definition) is 7. The molecule has 21 heavy (non-hydrogen) atoms. The fourth-order valence-electron chi connectivity index (χ4n) is 2.28. The smallest absolute Gasteiger partial charge is 0.228 e. The molecule has 2 aromatic rings. The van der Waals surface area contributed by atoms with Gasteiger partial charge in [-0.3, -0.25) is 0 Å². The summed E-state index contributed by atoms with van der Waals surface area (Å²) in [7, 11) is 2.78. The molecule has 3 rings (SSSR count). The van der Waals surface area contributed by atoms with Gasteiger partial charge in [0.2, 0.25) is 7.31 Å². The van der Waals surface area contributed by atoms with Crippen molar-refractivity contribution in [1.82, 2.24) is 19.7 Å². The summed E-state index contributed by atoms with van der Waals surface area (Å²) >= 11 is 2.08. The Labute approximate surface area is 138 Å². The highest BCUT2D eigenvalue weighted by Crippen LogP contribution is 2.33. The van der Waals surface area contributed by atoms with E-state index < -0.39 is 18.4 Å². The molecule has 0 amide bonds. The Bertz CT molecular complexity index is 659. The minimum absolute atomic E-state index is 0.00622. The first-order chi connectivity index (χ1) is 11.2. The van der Waals surface area contributed by atoms with Crippen molar-refractivity contribution in [3.8, 4) is 5.88 Å². The second-order valence-electron chi connectivity index (χ2n) is 4.42. The Morgan fingerprint density at radius 2 is 2.52 bits per heavy atom. The van der Waals surface area contributed by atoms with E-state index in [2.05, 4.69) is 42.8 Å². The maximum absolute atomic E-state index is 9.94. The number of hydrogen-bond donors (Lipinski definition) is 2. The third-order valence-electron chi connectivity index (χ3n) is 3.25. The highest BCUT2D eigenvalue weighted by atomic mass is 127. The molecule has 3 atom stereocenters. The lowest BCUT2D eigenvalue weighted by atomic mass is 10.2. The second-order valence-corrected chi connectivity index (χ2v) is 5.44. The first-order valence-electron chi connectivity index (χ1n) is 7.40. The van der Waals surface area contributed by atoms with Crippen LogP contribution in [0.3, 0.4) is 0 Å². The quantitative estimate of drug-likeness (QED) is 0.715. The van der Waals surface area contributed by atoms with E-state index in [1.165, 1.54) is 20.8 Å². The Morgan fingerprint density at radius 3 is 3.24 bits per heavy atom. The fourth-order valence-corrected chi connectivity index (χ4v) is 2.98. The number of aromatic nitrogens is 4. The predicted octanol–water partition coefficient (Wildman–Crippen LogP) is 0.716. The number of halogens is 1. The van der Waals surface area contributed by atoms with Crippen LogP contribution in [-0.4, -0.2) is 57.3 Å². The Hall–Kier alpha value is -1.04. The van der Waals surface area contributed by atoms with Gasteiger partial charge in [-0.05, 0) is 22.6 Å². The lowest BCUT2D eigenvalue weighted by molar-refractivity contribution is -0.0471. The number of rotatable bonds is 4. The molecule has 116 valence electrons. The summed E-state index contributed by atoms with van der Waals surface area (Å²) in [6, 6.07) is 0. The normalized spacial score (nSPS) is 26.0. The van der Waals surface area contributed by atoms with Gasteiger partial charge < -0.3 is 19.7 Å². The summed E-state index contributed by atoms with van der Waals surface area (Å²) in [5.41, 5.74) is 0.580. The molecule has 1 aliphatic heterocycles.